The molecule has 8 aromatic carbocycles. The average molecular weight is 603 g/mol. The fourth-order valence-corrected chi connectivity index (χ4v) is 9.46. The maximum atomic E-state index is 2.47. The van der Waals surface area contributed by atoms with Crippen molar-refractivity contribution in [2.24, 2.45) is 0 Å². The van der Waals surface area contributed by atoms with Crippen LogP contribution < -0.4 is 0 Å². The quantitative estimate of drug-likeness (QED) is 0.177. The van der Waals surface area contributed by atoms with Gasteiger partial charge in [-0.25, -0.2) is 0 Å². The SMILES string of the molecule is CC1(C)c2ccccc2-c2ccc(-c3c4ccccc4c(-c4ccc5c(c4)-c4cccc6cccc(c46)S5)c4ccccc34)cc21. The van der Waals surface area contributed by atoms with Gasteiger partial charge in [-0.3, -0.25) is 0 Å². The lowest BCUT2D eigenvalue weighted by Crippen LogP contribution is -2.14. The highest BCUT2D eigenvalue weighted by Crippen LogP contribution is 2.53. The number of hydrogen-bond donors (Lipinski definition) is 0. The smallest absolute Gasteiger partial charge is 0.0207 e. The number of rotatable bonds is 2. The summed E-state index contributed by atoms with van der Waals surface area (Å²) in [6.07, 6.45) is 0. The summed E-state index contributed by atoms with van der Waals surface area (Å²) in [4.78, 5) is 2.66. The second-order valence-electron chi connectivity index (χ2n) is 13.2. The second-order valence-corrected chi connectivity index (χ2v) is 14.3. The predicted molar refractivity (Wildman–Crippen MR) is 197 cm³/mol. The zero-order valence-corrected chi connectivity index (χ0v) is 26.6. The molecule has 1 aliphatic carbocycles. The molecule has 0 saturated carbocycles. The molecule has 1 aliphatic heterocycles. The predicted octanol–water partition coefficient (Wildman–Crippen LogP) is 12.9. The van der Waals surface area contributed by atoms with Crippen LogP contribution in [0.3, 0.4) is 0 Å². The first-order valence-corrected chi connectivity index (χ1v) is 16.9. The molecule has 1 heteroatoms. The molecule has 0 spiro atoms. The van der Waals surface area contributed by atoms with Crippen LogP contribution in [0.1, 0.15) is 25.0 Å². The Labute approximate surface area is 273 Å². The van der Waals surface area contributed by atoms with E-state index in [0.29, 0.717) is 0 Å². The van der Waals surface area contributed by atoms with E-state index in [2.05, 4.69) is 159 Å². The summed E-state index contributed by atoms with van der Waals surface area (Å²) in [5, 5.41) is 7.85. The molecule has 0 atom stereocenters. The highest BCUT2D eigenvalue weighted by atomic mass is 32.2. The Kier molecular flexibility index (Phi) is 5.37. The van der Waals surface area contributed by atoms with E-state index in [4.69, 9.17) is 0 Å². The molecule has 0 unspecified atom stereocenters. The van der Waals surface area contributed by atoms with Gasteiger partial charge in [0.2, 0.25) is 0 Å². The molecule has 1 heterocycles. The van der Waals surface area contributed by atoms with Crippen LogP contribution in [0.15, 0.2) is 155 Å². The van der Waals surface area contributed by atoms with Crippen molar-refractivity contribution in [3.63, 3.8) is 0 Å². The average Bonchev–Trinajstić information content (AvgIpc) is 3.33. The van der Waals surface area contributed by atoms with Gasteiger partial charge in [-0.2, -0.15) is 0 Å². The van der Waals surface area contributed by atoms with Crippen LogP contribution in [0.2, 0.25) is 0 Å². The third-order valence-corrected chi connectivity index (χ3v) is 11.6. The summed E-state index contributed by atoms with van der Waals surface area (Å²) in [5.41, 5.74) is 13.3. The molecule has 216 valence electrons. The Balaban J connectivity index is 1.23. The molecule has 2 aliphatic rings. The molecule has 0 bridgehead atoms. The molecule has 10 rings (SSSR count). The minimum absolute atomic E-state index is 0.0455. The van der Waals surface area contributed by atoms with Gasteiger partial charge in [0.05, 0.1) is 0 Å². The highest BCUT2D eigenvalue weighted by molar-refractivity contribution is 7.99. The first-order valence-electron chi connectivity index (χ1n) is 16.1. The van der Waals surface area contributed by atoms with Crippen LogP contribution in [0.4, 0.5) is 0 Å². The Morgan fingerprint density at radius 1 is 0.413 bits per heavy atom. The van der Waals surface area contributed by atoms with Crippen molar-refractivity contribution in [1.29, 1.82) is 0 Å². The van der Waals surface area contributed by atoms with Gasteiger partial charge in [0.15, 0.2) is 0 Å². The van der Waals surface area contributed by atoms with Crippen molar-refractivity contribution >= 4 is 44.1 Å². The van der Waals surface area contributed by atoms with Crippen LogP contribution in [0.5, 0.6) is 0 Å². The van der Waals surface area contributed by atoms with Crippen molar-refractivity contribution in [2.75, 3.05) is 0 Å². The number of fused-ring (bicyclic) bond motifs is 7. The van der Waals surface area contributed by atoms with Gasteiger partial charge in [-0.15, -0.1) is 0 Å². The first kappa shape index (κ1) is 26.1. The van der Waals surface area contributed by atoms with E-state index in [1.807, 2.05) is 11.8 Å². The van der Waals surface area contributed by atoms with Gasteiger partial charge in [0.1, 0.15) is 0 Å². The van der Waals surface area contributed by atoms with E-state index in [0.717, 1.165) is 0 Å². The third-order valence-electron chi connectivity index (χ3n) is 10.4. The van der Waals surface area contributed by atoms with Gasteiger partial charge >= 0.3 is 0 Å². The molecule has 0 fully saturated rings. The van der Waals surface area contributed by atoms with E-state index >= 15 is 0 Å². The lowest BCUT2D eigenvalue weighted by atomic mass is 9.80. The van der Waals surface area contributed by atoms with Gasteiger partial charge in [0, 0.05) is 20.6 Å². The lowest BCUT2D eigenvalue weighted by Gasteiger charge is -2.23. The molecule has 46 heavy (non-hydrogen) atoms. The molecule has 0 radical (unpaired) electrons. The molecular formula is C45H30S. The van der Waals surface area contributed by atoms with Gasteiger partial charge in [-0.05, 0) is 107 Å². The highest BCUT2D eigenvalue weighted by Gasteiger charge is 2.35. The van der Waals surface area contributed by atoms with E-state index in [1.165, 1.54) is 97.7 Å². The Bertz CT molecular complexity index is 2520. The van der Waals surface area contributed by atoms with Gasteiger partial charge < -0.3 is 0 Å². The minimum atomic E-state index is -0.0455. The molecule has 0 nitrogen and oxygen atoms in total. The molecule has 0 amide bonds. The fourth-order valence-electron chi connectivity index (χ4n) is 8.33. The minimum Gasteiger partial charge on any atom is -0.0888 e. The summed E-state index contributed by atoms with van der Waals surface area (Å²) in [6.45, 7) is 4.74. The molecular weight excluding hydrogens is 573 g/mol. The second kappa shape index (κ2) is 9.45. The van der Waals surface area contributed by atoms with Crippen molar-refractivity contribution in [2.45, 2.75) is 29.1 Å². The Morgan fingerprint density at radius 2 is 0.978 bits per heavy atom. The van der Waals surface area contributed by atoms with Crippen molar-refractivity contribution < 1.29 is 0 Å². The molecule has 8 aromatic rings. The standard InChI is InChI=1S/C45H30S/c1-45(2)38-19-8-7-13-30(38)31-23-21-29(26-39(31)45)43-34-16-5-3-14-32(34)42(33-15-4-6-17-35(33)43)28-22-24-40-37(25-28)36-18-9-11-27-12-10-20-41(46-40)44(27)36/h3-26H,1-2H3. The topological polar surface area (TPSA) is 0 Å². The maximum absolute atomic E-state index is 2.47. The van der Waals surface area contributed by atoms with Crippen LogP contribution in [-0.4, -0.2) is 0 Å². The number of benzene rings is 8. The summed E-state index contributed by atoms with van der Waals surface area (Å²) < 4.78 is 0. The lowest BCUT2D eigenvalue weighted by molar-refractivity contribution is 0.660. The maximum Gasteiger partial charge on any atom is 0.0207 e. The summed E-state index contributed by atoms with van der Waals surface area (Å²) in [7, 11) is 0. The molecule has 0 saturated heterocycles. The van der Waals surface area contributed by atoms with Crippen LogP contribution in [0, 0.1) is 0 Å². The van der Waals surface area contributed by atoms with Crippen LogP contribution in [0.25, 0.3) is 76.8 Å². The zero-order valence-electron chi connectivity index (χ0n) is 25.8. The zero-order chi connectivity index (χ0) is 30.6. The Hall–Kier alpha value is -5.11. The molecule has 0 aromatic heterocycles. The third kappa shape index (κ3) is 3.52. The summed E-state index contributed by atoms with van der Waals surface area (Å²) in [5.74, 6) is 0. The monoisotopic (exact) mass is 602 g/mol. The normalized spacial score (nSPS) is 14.0. The Morgan fingerprint density at radius 3 is 1.70 bits per heavy atom. The van der Waals surface area contributed by atoms with E-state index in [1.54, 1.807) is 0 Å². The fraction of sp³-hybridized carbons (Fsp3) is 0.0667. The van der Waals surface area contributed by atoms with Crippen LogP contribution in [-0.2, 0) is 5.41 Å². The van der Waals surface area contributed by atoms with Gasteiger partial charge in [-0.1, -0.05) is 147 Å². The largest absolute Gasteiger partial charge is 0.0888 e. The van der Waals surface area contributed by atoms with Gasteiger partial charge in [0.25, 0.3) is 0 Å². The van der Waals surface area contributed by atoms with Crippen molar-refractivity contribution in [1.82, 2.24) is 0 Å². The van der Waals surface area contributed by atoms with Crippen molar-refractivity contribution in [3.8, 4) is 44.5 Å². The molecule has 0 N–H and O–H groups in total. The van der Waals surface area contributed by atoms with E-state index in [9.17, 15) is 0 Å². The van der Waals surface area contributed by atoms with Crippen molar-refractivity contribution in [3.05, 3.63) is 157 Å². The number of hydrogen-bond acceptors (Lipinski definition) is 1. The first-order chi connectivity index (χ1) is 22.6. The summed E-state index contributed by atoms with van der Waals surface area (Å²) >= 11 is 1.89. The van der Waals surface area contributed by atoms with E-state index < -0.39 is 0 Å². The summed E-state index contributed by atoms with van der Waals surface area (Å²) in [6, 6.07) is 54.6. The van der Waals surface area contributed by atoms with Crippen LogP contribution >= 0.6 is 11.8 Å². The van der Waals surface area contributed by atoms with E-state index in [-0.39, 0.29) is 5.41 Å².